The third-order valence-corrected chi connectivity index (χ3v) is 13.9. The normalized spacial score (nSPS) is 10.3. The van der Waals surface area contributed by atoms with E-state index in [4.69, 9.17) is 0 Å². The number of rotatable bonds is 5. The topological polar surface area (TPSA) is 19.4 Å². The molecule has 10 rings (SSSR count). The molecule has 0 saturated heterocycles. The fourth-order valence-electron chi connectivity index (χ4n) is 9.35. The van der Waals surface area contributed by atoms with Crippen LogP contribution in [0.5, 0.6) is 0 Å². The Hall–Kier alpha value is -8.15. The Labute approximate surface area is 450 Å². The molecule has 5 heteroatoms. The van der Waals surface area contributed by atoms with E-state index in [0.717, 1.165) is 0 Å². The molecule has 0 spiro atoms. The van der Waals surface area contributed by atoms with Crippen LogP contribution in [0.4, 0.5) is 0 Å². The van der Waals surface area contributed by atoms with Gasteiger partial charge in [-0.3, -0.25) is 0 Å². The van der Waals surface area contributed by atoms with Crippen LogP contribution in [0, 0.1) is 69.2 Å². The maximum absolute atomic E-state index is 2.26. The van der Waals surface area contributed by atoms with E-state index in [1.807, 2.05) is 6.07 Å². The van der Waals surface area contributed by atoms with Crippen LogP contribution in [-0.2, 0) is 35.2 Å². The van der Waals surface area contributed by atoms with Crippen molar-refractivity contribution in [2.45, 2.75) is 69.2 Å². The van der Waals surface area contributed by atoms with Crippen LogP contribution in [0.3, 0.4) is 0 Å². The molecule has 0 N–H and O–H groups in total. The molecule has 0 atom stereocenters. The van der Waals surface area contributed by atoms with E-state index in [-0.39, 0.29) is 0 Å². The summed E-state index contributed by atoms with van der Waals surface area (Å²) >= 11 is 0. The van der Waals surface area contributed by atoms with Crippen molar-refractivity contribution in [3.05, 3.63) is 269 Å². The molecule has 5 aromatic heterocycles. The van der Waals surface area contributed by atoms with Gasteiger partial charge in [0.05, 0.1) is 0 Å². The second kappa shape index (κ2) is 26.7. The Balaban J connectivity index is 0.000000152. The first-order chi connectivity index (χ1) is 35.9. The second-order valence-corrected chi connectivity index (χ2v) is 20.0. The van der Waals surface area contributed by atoms with Gasteiger partial charge < -0.3 is 0 Å². The van der Waals surface area contributed by atoms with Gasteiger partial charge in [0.2, 0.25) is 28.5 Å². The minimum Gasteiger partial charge on any atom is -0.201 e. The summed E-state index contributed by atoms with van der Waals surface area (Å²) in [7, 11) is 10.4. The minimum absolute atomic E-state index is 1.26. The third kappa shape index (κ3) is 15.0. The largest absolute Gasteiger partial charge is 0.215 e. The SMILES string of the molecule is Cc1cc(-c2ccccc2C)[n+](C)cc1C.Cc1cc[n+](C)c(-c2ccccc2C)c1.Cc1ccc(-c2ccccc2C)[n+](C)c1.Cc1ccccc1-c1c(C)ccc[n+]1C.Cc1ccccc1-c1cccc[n+]1C. The minimum atomic E-state index is 1.26. The predicted octanol–water partition coefficient (Wildman–Crippen LogP) is 14.0. The Bertz CT molecular complexity index is 3450. The smallest absolute Gasteiger partial charge is 0.201 e. The van der Waals surface area contributed by atoms with Gasteiger partial charge in [-0.05, 0) is 157 Å². The third-order valence-electron chi connectivity index (χ3n) is 13.9. The summed E-state index contributed by atoms with van der Waals surface area (Å²) in [5.74, 6) is 0. The van der Waals surface area contributed by atoms with Crippen LogP contribution in [0.2, 0.25) is 0 Å². The van der Waals surface area contributed by atoms with Crippen molar-refractivity contribution in [2.75, 3.05) is 0 Å². The summed E-state index contributed by atoms with van der Waals surface area (Å²) in [6, 6.07) is 63.9. The van der Waals surface area contributed by atoms with Crippen molar-refractivity contribution in [1.29, 1.82) is 0 Å². The second-order valence-electron chi connectivity index (χ2n) is 20.0. The standard InChI is InChI=1S/C15H18N.3C14H16N.C13H14N/c1-11-7-5-6-8-14(11)15-9-12(2)13(3)10-16(15)4;1-11-7-4-5-9-13(11)14-12(2)8-6-10-15(14)3;1-11-8-9-15(3)14(10-11)13-7-5-4-6-12(13)2;1-11-8-9-14(15(3)10-11)13-7-5-4-6-12(13)2;1-11-7-3-4-8-12(11)13-9-5-6-10-14(13)2/h5-10H,1-4H3;3*4-10H,1-3H3;3-10H,1-2H3/q5*+1. The highest BCUT2D eigenvalue weighted by atomic mass is 14.9. The predicted molar refractivity (Wildman–Crippen MR) is 313 cm³/mol. The van der Waals surface area contributed by atoms with Crippen molar-refractivity contribution in [1.82, 2.24) is 0 Å². The molecular weight excluding hydrogens is 911 g/mol. The van der Waals surface area contributed by atoms with Crippen LogP contribution in [0.1, 0.15) is 55.6 Å². The molecule has 0 amide bonds. The van der Waals surface area contributed by atoms with Gasteiger partial charge in [-0.1, -0.05) is 91.0 Å². The number of hydrogen-bond donors (Lipinski definition) is 0. The Morgan fingerprint density at radius 3 is 1.08 bits per heavy atom. The van der Waals surface area contributed by atoms with Gasteiger partial charge >= 0.3 is 0 Å². The fourth-order valence-corrected chi connectivity index (χ4v) is 9.35. The van der Waals surface area contributed by atoms with E-state index in [9.17, 15) is 0 Å². The number of hydrogen-bond acceptors (Lipinski definition) is 0. The van der Waals surface area contributed by atoms with E-state index in [0.29, 0.717) is 0 Å². The van der Waals surface area contributed by atoms with E-state index in [1.165, 1.54) is 112 Å². The number of aryl methyl sites for hydroxylation is 15. The van der Waals surface area contributed by atoms with Crippen LogP contribution < -0.4 is 22.8 Å². The van der Waals surface area contributed by atoms with Crippen molar-refractivity contribution in [2.24, 2.45) is 35.2 Å². The highest BCUT2D eigenvalue weighted by molar-refractivity contribution is 5.65. The van der Waals surface area contributed by atoms with Gasteiger partial charge in [-0.25, -0.2) is 22.8 Å². The average molecular weight is 991 g/mol. The van der Waals surface area contributed by atoms with Gasteiger partial charge in [-0.2, -0.15) is 0 Å². The lowest BCUT2D eigenvalue weighted by molar-refractivity contribution is -0.660. The van der Waals surface area contributed by atoms with E-state index >= 15 is 0 Å². The summed E-state index contributed by atoms with van der Waals surface area (Å²) in [6.07, 6.45) is 10.6. The Morgan fingerprint density at radius 1 is 0.227 bits per heavy atom. The first-order valence-electron chi connectivity index (χ1n) is 26.0. The molecule has 0 bridgehead atoms. The molecule has 5 nitrogen and oxygen atoms in total. The van der Waals surface area contributed by atoms with Crippen LogP contribution >= 0.6 is 0 Å². The van der Waals surface area contributed by atoms with Crippen LogP contribution in [0.25, 0.3) is 56.3 Å². The molecule has 0 aliphatic carbocycles. The molecule has 380 valence electrons. The highest BCUT2D eigenvalue weighted by Gasteiger charge is 2.16. The number of pyridine rings is 5. The Morgan fingerprint density at radius 2 is 0.613 bits per heavy atom. The van der Waals surface area contributed by atoms with Crippen LogP contribution in [0.15, 0.2) is 213 Å². The van der Waals surface area contributed by atoms with Crippen molar-refractivity contribution >= 4 is 0 Å². The van der Waals surface area contributed by atoms with E-state index in [2.05, 4.69) is 334 Å². The number of benzene rings is 5. The molecule has 0 radical (unpaired) electrons. The Kier molecular flexibility index (Phi) is 20.0. The van der Waals surface area contributed by atoms with Gasteiger partial charge in [0.25, 0.3) is 0 Å². The van der Waals surface area contributed by atoms with Gasteiger partial charge in [0, 0.05) is 87.0 Å². The summed E-state index contributed by atoms with van der Waals surface area (Å²) in [4.78, 5) is 0. The average Bonchev–Trinajstić information content (AvgIpc) is 3.38. The maximum Gasteiger partial charge on any atom is 0.215 e. The lowest BCUT2D eigenvalue weighted by atomic mass is 10.0. The van der Waals surface area contributed by atoms with Crippen molar-refractivity contribution in [3.63, 3.8) is 0 Å². The molecule has 0 unspecified atom stereocenters. The van der Waals surface area contributed by atoms with Gasteiger partial charge in [0.15, 0.2) is 31.0 Å². The van der Waals surface area contributed by atoms with Gasteiger partial charge in [-0.15, -0.1) is 0 Å². The zero-order valence-corrected chi connectivity index (χ0v) is 47.4. The van der Waals surface area contributed by atoms with Crippen LogP contribution in [-0.4, -0.2) is 0 Å². The molecule has 5 aromatic carbocycles. The highest BCUT2D eigenvalue weighted by Crippen LogP contribution is 2.25. The first-order valence-corrected chi connectivity index (χ1v) is 26.0. The zero-order valence-electron chi connectivity index (χ0n) is 47.4. The lowest BCUT2D eigenvalue weighted by Crippen LogP contribution is -2.31. The summed E-state index contributed by atoms with van der Waals surface area (Å²) in [5, 5.41) is 0. The molecule has 0 aliphatic rings. The molecule has 10 aromatic rings. The van der Waals surface area contributed by atoms with Gasteiger partial charge in [0.1, 0.15) is 35.2 Å². The first kappa shape index (κ1) is 56.2. The molecule has 0 saturated carbocycles. The molecular formula is C70H80N5+5. The molecule has 0 aliphatic heterocycles. The summed E-state index contributed by atoms with van der Waals surface area (Å²) in [6.45, 7) is 21.5. The summed E-state index contributed by atoms with van der Waals surface area (Å²) < 4.78 is 10.9. The zero-order chi connectivity index (χ0) is 54.2. The molecule has 0 fully saturated rings. The molecule has 5 heterocycles. The quantitative estimate of drug-likeness (QED) is 0.153. The number of nitrogens with zero attached hydrogens (tertiary/aromatic N) is 5. The molecule has 75 heavy (non-hydrogen) atoms. The fraction of sp³-hybridized carbons (Fsp3) is 0.214. The van der Waals surface area contributed by atoms with E-state index < -0.39 is 0 Å². The van der Waals surface area contributed by atoms with E-state index in [1.54, 1.807) is 0 Å². The summed E-state index contributed by atoms with van der Waals surface area (Å²) in [5.41, 5.74) is 26.1. The number of aromatic nitrogens is 5. The van der Waals surface area contributed by atoms with Crippen molar-refractivity contribution in [3.8, 4) is 56.3 Å². The van der Waals surface area contributed by atoms with Crippen molar-refractivity contribution < 1.29 is 22.8 Å². The maximum atomic E-state index is 2.26. The monoisotopic (exact) mass is 991 g/mol. The lowest BCUT2D eigenvalue weighted by Gasteiger charge is -2.06.